The molecular formula is C11H18ClNO2. The van der Waals surface area contributed by atoms with Gasteiger partial charge in [-0.25, -0.2) is 0 Å². The Morgan fingerprint density at radius 1 is 1.40 bits per heavy atom. The third kappa shape index (κ3) is 2.45. The lowest BCUT2D eigenvalue weighted by Gasteiger charge is -2.37. The van der Waals surface area contributed by atoms with Crippen LogP contribution in [0.4, 0.5) is 0 Å². The van der Waals surface area contributed by atoms with E-state index in [1.54, 1.807) is 0 Å². The molecule has 2 aliphatic rings. The van der Waals surface area contributed by atoms with Crippen molar-refractivity contribution in [2.75, 3.05) is 19.8 Å². The van der Waals surface area contributed by atoms with Gasteiger partial charge in [-0.1, -0.05) is 0 Å². The van der Waals surface area contributed by atoms with Gasteiger partial charge in [-0.15, -0.1) is 11.6 Å². The van der Waals surface area contributed by atoms with Crippen LogP contribution in [0.2, 0.25) is 0 Å². The number of hydrogen-bond donors (Lipinski definition) is 0. The zero-order valence-corrected chi connectivity index (χ0v) is 9.87. The number of likely N-dealkylation sites (tertiary alicyclic amines) is 1. The van der Waals surface area contributed by atoms with Crippen LogP contribution >= 0.6 is 11.6 Å². The third-order valence-corrected chi connectivity index (χ3v) is 3.74. The van der Waals surface area contributed by atoms with E-state index >= 15 is 0 Å². The third-order valence-electron chi connectivity index (χ3n) is 3.39. The van der Waals surface area contributed by atoms with E-state index in [0.29, 0.717) is 19.2 Å². The van der Waals surface area contributed by atoms with Crippen molar-refractivity contribution < 1.29 is 9.53 Å². The molecule has 0 saturated carbocycles. The monoisotopic (exact) mass is 231 g/mol. The van der Waals surface area contributed by atoms with Gasteiger partial charge in [0, 0.05) is 19.2 Å². The maximum absolute atomic E-state index is 12.1. The van der Waals surface area contributed by atoms with Crippen LogP contribution in [0.3, 0.4) is 0 Å². The predicted octanol–water partition coefficient (Wildman–Crippen LogP) is 1.64. The van der Waals surface area contributed by atoms with E-state index in [9.17, 15) is 4.79 Å². The molecule has 0 aliphatic carbocycles. The zero-order valence-electron chi connectivity index (χ0n) is 9.12. The minimum Gasteiger partial charge on any atom is -0.381 e. The highest BCUT2D eigenvalue weighted by Crippen LogP contribution is 2.24. The highest BCUT2D eigenvalue weighted by atomic mass is 35.5. The van der Waals surface area contributed by atoms with Crippen molar-refractivity contribution in [1.82, 2.24) is 4.90 Å². The van der Waals surface area contributed by atoms with E-state index in [1.807, 2.05) is 4.90 Å². The number of rotatable bonds is 1. The average molecular weight is 232 g/mol. The highest BCUT2D eigenvalue weighted by molar-refractivity contribution is 6.20. The number of alkyl halides is 1. The van der Waals surface area contributed by atoms with Gasteiger partial charge in [-0.2, -0.15) is 0 Å². The Balaban J connectivity index is 1.97. The largest absolute Gasteiger partial charge is 0.381 e. The van der Waals surface area contributed by atoms with Crippen molar-refractivity contribution in [3.63, 3.8) is 0 Å². The van der Waals surface area contributed by atoms with Crippen molar-refractivity contribution >= 4 is 17.5 Å². The first-order valence-electron chi connectivity index (χ1n) is 5.70. The van der Waals surface area contributed by atoms with Crippen LogP contribution in [0.15, 0.2) is 0 Å². The molecule has 0 radical (unpaired) electrons. The van der Waals surface area contributed by atoms with Crippen molar-refractivity contribution in [3.8, 4) is 0 Å². The summed E-state index contributed by atoms with van der Waals surface area (Å²) in [6.07, 6.45) is 2.91. The Bertz CT molecular complexity index is 241. The quantitative estimate of drug-likeness (QED) is 0.643. The van der Waals surface area contributed by atoms with Crippen LogP contribution in [-0.4, -0.2) is 42.0 Å². The van der Waals surface area contributed by atoms with Crippen LogP contribution in [0, 0.1) is 5.92 Å². The number of halogens is 1. The summed E-state index contributed by atoms with van der Waals surface area (Å²) in [5.74, 6) is 0.319. The van der Waals surface area contributed by atoms with Gasteiger partial charge >= 0.3 is 0 Å². The van der Waals surface area contributed by atoms with E-state index in [1.165, 1.54) is 0 Å². The van der Waals surface area contributed by atoms with Gasteiger partial charge in [0.15, 0.2) is 0 Å². The maximum atomic E-state index is 12.1. The fourth-order valence-corrected chi connectivity index (χ4v) is 2.61. The van der Waals surface area contributed by atoms with E-state index < -0.39 is 0 Å². The molecule has 0 N–H and O–H groups in total. The first kappa shape index (κ1) is 11.2. The first-order valence-corrected chi connectivity index (χ1v) is 6.14. The summed E-state index contributed by atoms with van der Waals surface area (Å²) in [6.45, 7) is 4.13. The molecule has 0 aromatic heterocycles. The molecule has 2 fully saturated rings. The number of ether oxygens (including phenoxy) is 1. The Morgan fingerprint density at radius 3 is 2.87 bits per heavy atom. The van der Waals surface area contributed by atoms with Gasteiger partial charge in [0.2, 0.25) is 5.91 Å². The van der Waals surface area contributed by atoms with Crippen molar-refractivity contribution in [2.24, 2.45) is 5.92 Å². The normalized spacial score (nSPS) is 36.9. The molecule has 3 nitrogen and oxygen atoms in total. The second-order valence-electron chi connectivity index (χ2n) is 4.57. The lowest BCUT2D eigenvalue weighted by molar-refractivity contribution is -0.138. The smallest absolute Gasteiger partial charge is 0.228 e. The minimum atomic E-state index is 0.0782. The second kappa shape index (κ2) is 4.71. The molecule has 2 heterocycles. The summed E-state index contributed by atoms with van der Waals surface area (Å²) < 4.78 is 5.25. The molecule has 86 valence electrons. The predicted molar refractivity (Wildman–Crippen MR) is 59.0 cm³/mol. The van der Waals surface area contributed by atoms with Crippen molar-refractivity contribution in [1.29, 1.82) is 0 Å². The summed E-state index contributed by atoms with van der Waals surface area (Å²) in [5.41, 5.74) is 0. The Morgan fingerprint density at radius 2 is 2.20 bits per heavy atom. The molecule has 0 aromatic carbocycles. The number of nitrogens with zero attached hydrogens (tertiary/aromatic N) is 1. The number of amides is 1. The average Bonchev–Trinajstić information content (AvgIpc) is 2.74. The SMILES string of the molecule is CC1CCC(Cl)CN1C(=O)C1CCOC1. The van der Waals surface area contributed by atoms with Gasteiger partial charge in [0.1, 0.15) is 0 Å². The van der Waals surface area contributed by atoms with Gasteiger partial charge in [0.25, 0.3) is 0 Å². The topological polar surface area (TPSA) is 29.5 Å². The fourth-order valence-electron chi connectivity index (χ4n) is 2.33. The number of hydrogen-bond acceptors (Lipinski definition) is 2. The van der Waals surface area contributed by atoms with Gasteiger partial charge < -0.3 is 9.64 Å². The zero-order chi connectivity index (χ0) is 10.8. The van der Waals surface area contributed by atoms with Crippen molar-refractivity contribution in [2.45, 2.75) is 37.6 Å². The summed E-state index contributed by atoms with van der Waals surface area (Å²) in [6, 6.07) is 0.341. The van der Waals surface area contributed by atoms with E-state index in [4.69, 9.17) is 16.3 Å². The van der Waals surface area contributed by atoms with Gasteiger partial charge in [-0.05, 0) is 26.2 Å². The van der Waals surface area contributed by atoms with E-state index in [-0.39, 0.29) is 17.2 Å². The van der Waals surface area contributed by atoms with Crippen molar-refractivity contribution in [3.05, 3.63) is 0 Å². The molecule has 1 amide bonds. The van der Waals surface area contributed by atoms with E-state index in [2.05, 4.69) is 6.92 Å². The standard InChI is InChI=1S/C11H18ClNO2/c1-8-2-3-10(12)6-13(8)11(14)9-4-5-15-7-9/h8-10H,2-7H2,1H3. The molecule has 4 heteroatoms. The molecule has 0 spiro atoms. The van der Waals surface area contributed by atoms with E-state index in [0.717, 1.165) is 25.9 Å². The van der Waals surface area contributed by atoms with Crippen LogP contribution < -0.4 is 0 Å². The molecule has 2 rings (SSSR count). The molecule has 3 unspecified atom stereocenters. The Hall–Kier alpha value is -0.280. The van der Waals surface area contributed by atoms with Gasteiger partial charge in [0.05, 0.1) is 17.9 Å². The highest BCUT2D eigenvalue weighted by Gasteiger charge is 2.33. The van der Waals surface area contributed by atoms with Crippen LogP contribution in [-0.2, 0) is 9.53 Å². The second-order valence-corrected chi connectivity index (χ2v) is 5.19. The molecule has 3 atom stereocenters. The van der Waals surface area contributed by atoms with Crippen LogP contribution in [0.25, 0.3) is 0 Å². The van der Waals surface area contributed by atoms with Gasteiger partial charge in [-0.3, -0.25) is 4.79 Å². The lowest BCUT2D eigenvalue weighted by atomic mass is 9.99. The minimum absolute atomic E-state index is 0.0782. The summed E-state index contributed by atoms with van der Waals surface area (Å²) in [5, 5.41) is 0.132. The first-order chi connectivity index (χ1) is 7.18. The number of carbonyl (C=O) groups excluding carboxylic acids is 1. The number of carbonyl (C=O) groups is 1. The van der Waals surface area contributed by atoms with Crippen LogP contribution in [0.1, 0.15) is 26.2 Å². The molecule has 0 bridgehead atoms. The Labute approximate surface area is 95.7 Å². The summed E-state index contributed by atoms with van der Waals surface area (Å²) in [7, 11) is 0. The molecule has 15 heavy (non-hydrogen) atoms. The Kier molecular flexibility index (Phi) is 3.52. The molecule has 2 aliphatic heterocycles. The molecule has 0 aromatic rings. The maximum Gasteiger partial charge on any atom is 0.228 e. The lowest BCUT2D eigenvalue weighted by Crippen LogP contribution is -2.48. The summed E-state index contributed by atoms with van der Waals surface area (Å²) >= 11 is 6.10. The summed E-state index contributed by atoms with van der Waals surface area (Å²) in [4.78, 5) is 14.1. The molecular weight excluding hydrogens is 214 g/mol. The molecule has 2 saturated heterocycles. The van der Waals surface area contributed by atoms with Crippen LogP contribution in [0.5, 0.6) is 0 Å². The number of piperidine rings is 1. The fraction of sp³-hybridized carbons (Fsp3) is 0.909.